The summed E-state index contributed by atoms with van der Waals surface area (Å²) >= 11 is 1.15. The number of amides is 1. The van der Waals surface area contributed by atoms with Gasteiger partial charge >= 0.3 is 0 Å². The molecule has 0 atom stereocenters. The van der Waals surface area contributed by atoms with Crippen LogP contribution in [0.1, 0.15) is 48.2 Å². The number of anilines is 1. The molecule has 26 heavy (non-hydrogen) atoms. The van der Waals surface area contributed by atoms with E-state index in [9.17, 15) is 14.9 Å². The fourth-order valence-electron chi connectivity index (χ4n) is 2.58. The molecule has 1 amide bonds. The second kappa shape index (κ2) is 8.11. The maximum absolute atomic E-state index is 12.4. The number of thiazole rings is 1. The Kier molecular flexibility index (Phi) is 6.11. The summed E-state index contributed by atoms with van der Waals surface area (Å²) in [4.78, 5) is 27.7. The number of aromatic nitrogens is 2. The van der Waals surface area contributed by atoms with Gasteiger partial charge in [0.25, 0.3) is 5.91 Å². The zero-order chi connectivity index (χ0) is 19.4. The second-order valence-electron chi connectivity index (χ2n) is 6.55. The average molecular weight is 370 g/mol. The third-order valence-corrected chi connectivity index (χ3v) is 4.67. The molecule has 0 spiro atoms. The molecule has 0 fully saturated rings. The Morgan fingerprint density at radius 2 is 2.12 bits per heavy atom. The monoisotopic (exact) mass is 370 g/mol. The number of hydrogen-bond donors (Lipinski definition) is 1. The van der Waals surface area contributed by atoms with Crippen LogP contribution in [0.25, 0.3) is 6.08 Å². The molecular weight excluding hydrogens is 348 g/mol. The lowest BCUT2D eigenvalue weighted by Crippen LogP contribution is -2.13. The summed E-state index contributed by atoms with van der Waals surface area (Å²) in [5, 5.41) is 13.8. The predicted molar refractivity (Wildman–Crippen MR) is 103 cm³/mol. The molecule has 2 aromatic rings. The Balaban J connectivity index is 2.25. The van der Waals surface area contributed by atoms with Crippen molar-refractivity contribution in [1.29, 1.82) is 5.26 Å². The molecule has 0 unspecified atom stereocenters. The van der Waals surface area contributed by atoms with E-state index in [0.29, 0.717) is 16.7 Å². The number of Topliss-reactive ketones (excluding diaryl/α,β-unsaturated/α-hetero) is 1. The Morgan fingerprint density at radius 1 is 1.42 bits per heavy atom. The fraction of sp³-hybridized carbons (Fsp3) is 0.368. The Hall–Kier alpha value is -2.72. The van der Waals surface area contributed by atoms with Gasteiger partial charge in [-0.05, 0) is 37.5 Å². The third kappa shape index (κ3) is 4.46. The van der Waals surface area contributed by atoms with Crippen LogP contribution in [0.4, 0.5) is 5.13 Å². The van der Waals surface area contributed by atoms with Gasteiger partial charge in [-0.1, -0.05) is 13.8 Å². The molecule has 2 heterocycles. The Morgan fingerprint density at radius 3 is 2.65 bits per heavy atom. The van der Waals surface area contributed by atoms with Crippen LogP contribution in [-0.4, -0.2) is 21.2 Å². The number of nitrogens with zero attached hydrogens (tertiary/aromatic N) is 3. The molecule has 1 N–H and O–H groups in total. The molecule has 0 aliphatic heterocycles. The number of rotatable bonds is 6. The normalized spacial score (nSPS) is 11.5. The lowest BCUT2D eigenvalue weighted by molar-refractivity contribution is -0.112. The maximum atomic E-state index is 12.4. The standard InChI is InChI=1S/C19H22N4O2S/c1-11(2)9-23-12(3)6-15(13(23)4)7-16(8-20)18(25)22-19-21-17(10-26-19)14(5)24/h6-7,10-11H,9H2,1-5H3,(H,21,22,25). The number of carbonyl (C=O) groups is 2. The molecule has 2 aromatic heterocycles. The maximum Gasteiger partial charge on any atom is 0.268 e. The molecule has 2 rings (SSSR count). The van der Waals surface area contributed by atoms with Crippen molar-refractivity contribution >= 4 is 34.2 Å². The number of nitriles is 1. The highest BCUT2D eigenvalue weighted by molar-refractivity contribution is 7.14. The highest BCUT2D eigenvalue weighted by atomic mass is 32.1. The first-order valence-electron chi connectivity index (χ1n) is 8.29. The second-order valence-corrected chi connectivity index (χ2v) is 7.41. The van der Waals surface area contributed by atoms with E-state index in [1.165, 1.54) is 6.92 Å². The fourth-order valence-corrected chi connectivity index (χ4v) is 3.33. The minimum Gasteiger partial charge on any atom is -0.348 e. The van der Waals surface area contributed by atoms with Crippen molar-refractivity contribution < 1.29 is 9.59 Å². The topological polar surface area (TPSA) is 87.8 Å². The van der Waals surface area contributed by atoms with Crippen LogP contribution >= 0.6 is 11.3 Å². The van der Waals surface area contributed by atoms with E-state index < -0.39 is 5.91 Å². The van der Waals surface area contributed by atoms with Crippen molar-refractivity contribution in [2.24, 2.45) is 5.92 Å². The van der Waals surface area contributed by atoms with Crippen LogP contribution in [0.15, 0.2) is 17.0 Å². The summed E-state index contributed by atoms with van der Waals surface area (Å²) in [6, 6.07) is 3.92. The smallest absolute Gasteiger partial charge is 0.268 e. The van der Waals surface area contributed by atoms with Crippen LogP contribution in [0.2, 0.25) is 0 Å². The van der Waals surface area contributed by atoms with Gasteiger partial charge in [-0.3, -0.25) is 14.9 Å². The van der Waals surface area contributed by atoms with E-state index in [2.05, 4.69) is 28.7 Å². The van der Waals surface area contributed by atoms with Gasteiger partial charge in [0.15, 0.2) is 10.9 Å². The highest BCUT2D eigenvalue weighted by Gasteiger charge is 2.15. The lowest BCUT2D eigenvalue weighted by atomic mass is 10.1. The highest BCUT2D eigenvalue weighted by Crippen LogP contribution is 2.21. The predicted octanol–water partition coefficient (Wildman–Crippen LogP) is 3.97. The molecule has 136 valence electrons. The van der Waals surface area contributed by atoms with Gasteiger partial charge in [-0.2, -0.15) is 5.26 Å². The van der Waals surface area contributed by atoms with Crippen LogP contribution in [0.5, 0.6) is 0 Å². The van der Waals surface area contributed by atoms with Gasteiger partial charge < -0.3 is 4.57 Å². The van der Waals surface area contributed by atoms with Gasteiger partial charge in [0.2, 0.25) is 0 Å². The lowest BCUT2D eigenvalue weighted by Gasteiger charge is -2.12. The zero-order valence-corrected chi connectivity index (χ0v) is 16.4. The minimum atomic E-state index is -0.536. The van der Waals surface area contributed by atoms with Crippen LogP contribution in [0.3, 0.4) is 0 Å². The number of nitrogens with one attached hydrogen (secondary N) is 1. The number of carbonyl (C=O) groups excluding carboxylic acids is 2. The first kappa shape index (κ1) is 19.6. The summed E-state index contributed by atoms with van der Waals surface area (Å²) in [5.74, 6) is -0.211. The summed E-state index contributed by atoms with van der Waals surface area (Å²) in [6.07, 6.45) is 1.59. The molecule has 0 saturated heterocycles. The number of hydrogen-bond acceptors (Lipinski definition) is 5. The van der Waals surface area contributed by atoms with Crippen molar-refractivity contribution in [2.75, 3.05) is 5.32 Å². The molecular formula is C19H22N4O2S. The quantitative estimate of drug-likeness (QED) is 0.473. The first-order chi connectivity index (χ1) is 12.2. The van der Waals surface area contributed by atoms with Crippen LogP contribution < -0.4 is 5.32 Å². The van der Waals surface area contributed by atoms with E-state index in [0.717, 1.165) is 34.8 Å². The largest absolute Gasteiger partial charge is 0.348 e. The number of ketones is 1. The molecule has 0 aromatic carbocycles. The Bertz CT molecular complexity index is 913. The SMILES string of the molecule is CC(=O)c1csc(NC(=O)C(C#N)=Cc2cc(C)n(CC(C)C)c2C)n1. The van der Waals surface area contributed by atoms with Gasteiger partial charge in [0.05, 0.1) is 0 Å². The van der Waals surface area contributed by atoms with E-state index in [-0.39, 0.29) is 11.4 Å². The molecule has 7 heteroatoms. The van der Waals surface area contributed by atoms with E-state index >= 15 is 0 Å². The molecule has 0 bridgehead atoms. The molecule has 0 radical (unpaired) electrons. The molecule has 0 aliphatic carbocycles. The summed E-state index contributed by atoms with van der Waals surface area (Å²) in [5.41, 5.74) is 3.24. The summed E-state index contributed by atoms with van der Waals surface area (Å²) in [6.45, 7) is 10.6. The van der Waals surface area contributed by atoms with E-state index in [4.69, 9.17) is 0 Å². The molecule has 6 nitrogen and oxygen atoms in total. The Labute approximate surface area is 157 Å². The minimum absolute atomic E-state index is 0.00521. The third-order valence-electron chi connectivity index (χ3n) is 3.91. The molecule has 0 aliphatic rings. The number of aryl methyl sites for hydroxylation is 1. The van der Waals surface area contributed by atoms with Crippen molar-refractivity contribution in [1.82, 2.24) is 9.55 Å². The van der Waals surface area contributed by atoms with Crippen molar-refractivity contribution in [2.45, 2.75) is 41.2 Å². The van der Waals surface area contributed by atoms with Gasteiger partial charge in [0.1, 0.15) is 17.3 Å². The summed E-state index contributed by atoms with van der Waals surface area (Å²) in [7, 11) is 0. The van der Waals surface area contributed by atoms with Gasteiger partial charge in [-0.15, -0.1) is 11.3 Å². The van der Waals surface area contributed by atoms with Crippen LogP contribution in [0, 0.1) is 31.1 Å². The molecule has 0 saturated carbocycles. The van der Waals surface area contributed by atoms with Crippen molar-refractivity contribution in [3.8, 4) is 6.07 Å². The zero-order valence-electron chi connectivity index (χ0n) is 15.6. The van der Waals surface area contributed by atoms with Gasteiger partial charge in [-0.25, -0.2) is 4.98 Å². The first-order valence-corrected chi connectivity index (χ1v) is 9.17. The summed E-state index contributed by atoms with van der Waals surface area (Å²) < 4.78 is 2.18. The van der Waals surface area contributed by atoms with Crippen LogP contribution in [-0.2, 0) is 11.3 Å². The van der Waals surface area contributed by atoms with E-state index in [1.807, 2.05) is 26.0 Å². The van der Waals surface area contributed by atoms with Crippen molar-refractivity contribution in [3.63, 3.8) is 0 Å². The van der Waals surface area contributed by atoms with Gasteiger partial charge in [0, 0.05) is 30.2 Å². The van der Waals surface area contributed by atoms with E-state index in [1.54, 1.807) is 11.5 Å². The average Bonchev–Trinajstić information content (AvgIpc) is 3.12. The van der Waals surface area contributed by atoms with Crippen molar-refractivity contribution in [3.05, 3.63) is 39.7 Å².